The van der Waals surface area contributed by atoms with Gasteiger partial charge in [-0.25, -0.2) is 0 Å². The smallest absolute Gasteiger partial charge is 0.247 e. The maximum absolute atomic E-state index is 12.7. The average Bonchev–Trinajstić information content (AvgIpc) is 2.84. The summed E-state index contributed by atoms with van der Waals surface area (Å²) in [6, 6.07) is 5.68. The number of carbonyl (C=O) groups is 1. The second-order valence-electron chi connectivity index (χ2n) is 5.21. The van der Waals surface area contributed by atoms with Crippen molar-refractivity contribution in [1.82, 2.24) is 0 Å². The van der Waals surface area contributed by atoms with Crippen LogP contribution in [0.4, 0.5) is 5.69 Å². The van der Waals surface area contributed by atoms with E-state index in [0.29, 0.717) is 32.6 Å². The molecule has 0 atom stereocenters. The quantitative estimate of drug-likeness (QED) is 0.852. The summed E-state index contributed by atoms with van der Waals surface area (Å²) in [6.07, 6.45) is 1.96. The van der Waals surface area contributed by atoms with Crippen molar-refractivity contribution in [2.45, 2.75) is 24.8 Å². The van der Waals surface area contributed by atoms with E-state index in [0.717, 1.165) is 22.7 Å². The molecule has 4 nitrogen and oxygen atoms in total. The van der Waals surface area contributed by atoms with Gasteiger partial charge in [-0.3, -0.25) is 4.79 Å². The van der Waals surface area contributed by atoms with Gasteiger partial charge in [0.05, 0.1) is 0 Å². The fourth-order valence-corrected chi connectivity index (χ4v) is 3.08. The third-order valence-electron chi connectivity index (χ3n) is 4.03. The molecule has 0 aliphatic carbocycles. The predicted molar refractivity (Wildman–Crippen MR) is 74.5 cm³/mol. The Bertz CT molecular complexity index is 512. The molecule has 1 aromatic carbocycles. The molecule has 0 saturated carbocycles. The molecule has 2 heterocycles. The maximum Gasteiger partial charge on any atom is 0.247 e. The lowest BCUT2D eigenvalue weighted by Gasteiger charge is -2.35. The molecule has 102 valence electrons. The fourth-order valence-electron chi connectivity index (χ4n) is 2.82. The number of benzene rings is 1. The first kappa shape index (κ1) is 12.9. The molecule has 0 bridgehead atoms. The van der Waals surface area contributed by atoms with Crippen LogP contribution in [0.15, 0.2) is 18.2 Å². The molecule has 2 N–H and O–H groups in total. The van der Waals surface area contributed by atoms with Gasteiger partial charge in [-0.2, -0.15) is 0 Å². The van der Waals surface area contributed by atoms with Crippen LogP contribution >= 0.6 is 11.6 Å². The Hall–Kier alpha value is -1.10. The number of anilines is 1. The summed E-state index contributed by atoms with van der Waals surface area (Å²) >= 11 is 6.17. The van der Waals surface area contributed by atoms with Gasteiger partial charge in [0, 0.05) is 30.5 Å². The third-order valence-corrected chi connectivity index (χ3v) is 4.38. The molecule has 0 unspecified atom stereocenters. The molecule has 0 spiro atoms. The molecule has 1 fully saturated rings. The lowest BCUT2D eigenvalue weighted by Crippen LogP contribution is -2.58. The van der Waals surface area contributed by atoms with E-state index in [1.165, 1.54) is 0 Å². The van der Waals surface area contributed by atoms with Gasteiger partial charge in [0.15, 0.2) is 0 Å². The van der Waals surface area contributed by atoms with Crippen LogP contribution in [0.5, 0.6) is 0 Å². The number of rotatable bonds is 1. The van der Waals surface area contributed by atoms with Gasteiger partial charge >= 0.3 is 0 Å². The summed E-state index contributed by atoms with van der Waals surface area (Å²) < 4.78 is 5.29. The van der Waals surface area contributed by atoms with Gasteiger partial charge in [0.1, 0.15) is 5.54 Å². The normalized spacial score (nSPS) is 21.3. The Labute approximate surface area is 117 Å². The van der Waals surface area contributed by atoms with Gasteiger partial charge < -0.3 is 15.4 Å². The minimum Gasteiger partial charge on any atom is -0.381 e. The van der Waals surface area contributed by atoms with Gasteiger partial charge in [0.2, 0.25) is 5.91 Å². The summed E-state index contributed by atoms with van der Waals surface area (Å²) in [5.41, 5.74) is 7.44. The minimum absolute atomic E-state index is 0.00295. The van der Waals surface area contributed by atoms with Gasteiger partial charge in [-0.05, 0) is 37.0 Å². The predicted octanol–water partition coefficient (Wildman–Crippen LogP) is 1.74. The van der Waals surface area contributed by atoms with E-state index < -0.39 is 5.54 Å². The van der Waals surface area contributed by atoms with Gasteiger partial charge in [-0.15, -0.1) is 0 Å². The highest BCUT2D eigenvalue weighted by Gasteiger charge is 2.41. The molecule has 1 aromatic rings. The lowest BCUT2D eigenvalue weighted by molar-refractivity contribution is -0.126. The number of halogens is 1. The van der Waals surface area contributed by atoms with E-state index in [-0.39, 0.29) is 5.91 Å². The number of nitrogens with two attached hydrogens (primary N) is 1. The number of fused-ring (bicyclic) bond motifs is 1. The highest BCUT2D eigenvalue weighted by molar-refractivity contribution is 6.32. The maximum atomic E-state index is 12.7. The summed E-state index contributed by atoms with van der Waals surface area (Å²) in [5, 5.41) is 0.728. The first-order chi connectivity index (χ1) is 9.12. The van der Waals surface area contributed by atoms with Gasteiger partial charge in [-0.1, -0.05) is 17.7 Å². The number of carbonyl (C=O) groups excluding carboxylic acids is 1. The Morgan fingerprint density at radius 2 is 2.11 bits per heavy atom. The molecule has 2 aliphatic rings. The average molecular weight is 281 g/mol. The zero-order valence-electron chi connectivity index (χ0n) is 10.7. The van der Waals surface area contributed by atoms with Crippen molar-refractivity contribution in [1.29, 1.82) is 0 Å². The lowest BCUT2D eigenvalue weighted by atomic mass is 9.89. The number of ether oxygens (including phenoxy) is 1. The number of hydrogen-bond acceptors (Lipinski definition) is 3. The molecule has 19 heavy (non-hydrogen) atoms. The van der Waals surface area contributed by atoms with Gasteiger partial charge in [0.25, 0.3) is 0 Å². The van der Waals surface area contributed by atoms with E-state index in [1.807, 2.05) is 18.2 Å². The Balaban J connectivity index is 1.89. The van der Waals surface area contributed by atoms with E-state index in [1.54, 1.807) is 4.90 Å². The number of nitrogens with zero attached hydrogens (tertiary/aromatic N) is 1. The highest BCUT2D eigenvalue weighted by atomic mass is 35.5. The van der Waals surface area contributed by atoms with Crippen molar-refractivity contribution in [2.24, 2.45) is 5.73 Å². The van der Waals surface area contributed by atoms with E-state index in [4.69, 9.17) is 22.1 Å². The summed E-state index contributed by atoms with van der Waals surface area (Å²) in [7, 11) is 0. The van der Waals surface area contributed by atoms with Crippen molar-refractivity contribution < 1.29 is 9.53 Å². The molecule has 0 aromatic heterocycles. The van der Waals surface area contributed by atoms with Crippen LogP contribution in [-0.4, -0.2) is 31.2 Å². The second-order valence-corrected chi connectivity index (χ2v) is 5.62. The Kier molecular flexibility index (Phi) is 3.25. The van der Waals surface area contributed by atoms with Crippen molar-refractivity contribution in [3.8, 4) is 0 Å². The summed E-state index contributed by atoms with van der Waals surface area (Å²) in [6.45, 7) is 1.77. The highest BCUT2D eigenvalue weighted by Crippen LogP contribution is 2.35. The van der Waals surface area contributed by atoms with Crippen LogP contribution < -0.4 is 10.6 Å². The van der Waals surface area contributed by atoms with E-state index in [9.17, 15) is 4.79 Å². The monoisotopic (exact) mass is 280 g/mol. The zero-order valence-corrected chi connectivity index (χ0v) is 11.4. The summed E-state index contributed by atoms with van der Waals surface area (Å²) in [5.74, 6) is -0.00295. The fraction of sp³-hybridized carbons (Fsp3) is 0.500. The van der Waals surface area contributed by atoms with Crippen LogP contribution in [-0.2, 0) is 16.0 Å². The minimum atomic E-state index is -0.790. The molecule has 2 aliphatic heterocycles. The third kappa shape index (κ3) is 2.14. The number of amides is 1. The molecule has 1 amide bonds. The van der Waals surface area contributed by atoms with Crippen molar-refractivity contribution >= 4 is 23.2 Å². The van der Waals surface area contributed by atoms with Crippen LogP contribution in [0.25, 0.3) is 0 Å². The molecular formula is C14H17ClN2O2. The topological polar surface area (TPSA) is 55.6 Å². The van der Waals surface area contributed by atoms with Crippen molar-refractivity contribution in [3.05, 3.63) is 28.8 Å². The zero-order chi connectivity index (χ0) is 13.5. The summed E-state index contributed by atoms with van der Waals surface area (Å²) in [4.78, 5) is 14.5. The molecule has 3 rings (SSSR count). The SMILES string of the molecule is NC1(C(=O)N2CCc3c(Cl)cccc32)CCOCC1. The van der Waals surface area contributed by atoms with Crippen LogP contribution in [0.3, 0.4) is 0 Å². The largest absolute Gasteiger partial charge is 0.381 e. The first-order valence-electron chi connectivity index (χ1n) is 6.58. The second kappa shape index (κ2) is 4.78. The van der Waals surface area contributed by atoms with Crippen molar-refractivity contribution in [3.63, 3.8) is 0 Å². The molecular weight excluding hydrogens is 264 g/mol. The molecule has 5 heteroatoms. The Morgan fingerprint density at radius 1 is 1.37 bits per heavy atom. The Morgan fingerprint density at radius 3 is 2.84 bits per heavy atom. The van der Waals surface area contributed by atoms with Crippen molar-refractivity contribution in [2.75, 3.05) is 24.7 Å². The van der Waals surface area contributed by atoms with Crippen LogP contribution in [0.1, 0.15) is 18.4 Å². The van der Waals surface area contributed by atoms with E-state index in [2.05, 4.69) is 0 Å². The number of hydrogen-bond donors (Lipinski definition) is 1. The standard InChI is InChI=1S/C14H17ClN2O2/c15-11-2-1-3-12-10(11)4-7-17(12)13(18)14(16)5-8-19-9-6-14/h1-3H,4-9,16H2. The molecule has 0 radical (unpaired) electrons. The van der Waals surface area contributed by atoms with Crippen LogP contribution in [0.2, 0.25) is 5.02 Å². The first-order valence-corrected chi connectivity index (χ1v) is 6.96. The molecule has 1 saturated heterocycles. The van der Waals surface area contributed by atoms with E-state index >= 15 is 0 Å². The van der Waals surface area contributed by atoms with Crippen LogP contribution in [0, 0.1) is 0 Å².